The minimum Gasteiger partial charge on any atom is -0.421 e. The number of carbonyl (C=O) groups excluding carboxylic acids is 1. The first-order chi connectivity index (χ1) is 14.1. The number of para-hydroxylation sites is 1. The van der Waals surface area contributed by atoms with E-state index < -0.39 is 0 Å². The number of halogens is 2. The Morgan fingerprint density at radius 3 is 2.41 bits per heavy atom. The molecule has 2 aromatic carbocycles. The highest BCUT2D eigenvalue weighted by Crippen LogP contribution is 2.21. The molecule has 6 nitrogen and oxygen atoms in total. The van der Waals surface area contributed by atoms with Crippen molar-refractivity contribution >= 4 is 11.6 Å². The molecule has 2 heterocycles. The fraction of sp³-hybridized carbons (Fsp3) is 0.286. The first-order valence-corrected chi connectivity index (χ1v) is 9.46. The van der Waals surface area contributed by atoms with Gasteiger partial charge in [-0.25, -0.2) is 8.78 Å². The van der Waals surface area contributed by atoms with Crippen LogP contribution in [0.2, 0.25) is 0 Å². The Hall–Kier alpha value is -3.29. The maximum atomic E-state index is 13.9. The number of aryl methyl sites for hydroxylation is 1. The van der Waals surface area contributed by atoms with Crippen molar-refractivity contribution in [3.63, 3.8) is 0 Å². The molecule has 0 unspecified atom stereocenters. The molecule has 0 spiro atoms. The van der Waals surface area contributed by atoms with Crippen LogP contribution in [0.3, 0.4) is 0 Å². The van der Waals surface area contributed by atoms with Crippen LogP contribution in [0, 0.1) is 11.6 Å². The summed E-state index contributed by atoms with van der Waals surface area (Å²) in [7, 11) is 0. The van der Waals surface area contributed by atoms with E-state index in [0.717, 1.165) is 0 Å². The summed E-state index contributed by atoms with van der Waals surface area (Å²) in [6.07, 6.45) is 0.589. The van der Waals surface area contributed by atoms with Gasteiger partial charge >= 0.3 is 0 Å². The van der Waals surface area contributed by atoms with Crippen molar-refractivity contribution < 1.29 is 18.0 Å². The highest BCUT2D eigenvalue weighted by atomic mass is 19.1. The summed E-state index contributed by atoms with van der Waals surface area (Å²) in [5.74, 6) is 0.0724. The van der Waals surface area contributed by atoms with Crippen LogP contribution in [-0.2, 0) is 11.2 Å². The largest absolute Gasteiger partial charge is 0.421 e. The van der Waals surface area contributed by atoms with Crippen LogP contribution in [0.25, 0.3) is 11.5 Å². The molecule has 0 atom stereocenters. The van der Waals surface area contributed by atoms with E-state index in [2.05, 4.69) is 10.2 Å². The molecule has 0 radical (unpaired) electrons. The quantitative estimate of drug-likeness (QED) is 0.660. The third kappa shape index (κ3) is 4.42. The smallest absolute Gasteiger partial charge is 0.247 e. The van der Waals surface area contributed by atoms with Gasteiger partial charge in [-0.2, -0.15) is 0 Å². The lowest BCUT2D eigenvalue weighted by molar-refractivity contribution is -0.131. The van der Waals surface area contributed by atoms with E-state index in [1.54, 1.807) is 35.2 Å². The summed E-state index contributed by atoms with van der Waals surface area (Å²) in [4.78, 5) is 16.2. The maximum Gasteiger partial charge on any atom is 0.247 e. The number of carbonyl (C=O) groups is 1. The Balaban J connectivity index is 1.29. The normalized spacial score (nSPS) is 14.3. The van der Waals surface area contributed by atoms with Gasteiger partial charge < -0.3 is 14.2 Å². The summed E-state index contributed by atoms with van der Waals surface area (Å²) >= 11 is 0. The minimum atomic E-state index is -0.339. The SMILES string of the molecule is O=C(CCc1nnc(-c2ccc(F)cc2)o1)N1CCN(c2ccccc2F)CC1. The van der Waals surface area contributed by atoms with Crippen LogP contribution in [0.5, 0.6) is 0 Å². The lowest BCUT2D eigenvalue weighted by atomic mass is 10.2. The maximum absolute atomic E-state index is 13.9. The molecule has 0 bridgehead atoms. The molecule has 1 fully saturated rings. The Morgan fingerprint density at radius 2 is 1.69 bits per heavy atom. The number of rotatable bonds is 5. The van der Waals surface area contributed by atoms with E-state index >= 15 is 0 Å². The van der Waals surface area contributed by atoms with Gasteiger partial charge in [0.2, 0.25) is 17.7 Å². The summed E-state index contributed by atoms with van der Waals surface area (Å²) in [5, 5.41) is 7.91. The number of anilines is 1. The van der Waals surface area contributed by atoms with Crippen LogP contribution in [0.15, 0.2) is 52.9 Å². The molecule has 150 valence electrons. The van der Waals surface area contributed by atoms with E-state index in [0.29, 0.717) is 55.6 Å². The van der Waals surface area contributed by atoms with Gasteiger partial charge in [0.25, 0.3) is 0 Å². The number of piperazine rings is 1. The van der Waals surface area contributed by atoms with Gasteiger partial charge in [0.15, 0.2) is 0 Å². The first kappa shape index (κ1) is 19.0. The van der Waals surface area contributed by atoms with E-state index in [-0.39, 0.29) is 24.0 Å². The van der Waals surface area contributed by atoms with Crippen molar-refractivity contribution in [1.82, 2.24) is 15.1 Å². The standard InChI is InChI=1S/C21H20F2N4O2/c22-16-7-5-15(6-8-16)21-25-24-19(29-21)9-10-20(28)27-13-11-26(12-14-27)18-4-2-1-3-17(18)23/h1-8H,9-14H2. The molecule has 4 rings (SSSR count). The zero-order valence-corrected chi connectivity index (χ0v) is 15.7. The monoisotopic (exact) mass is 398 g/mol. The van der Waals surface area contributed by atoms with Crippen LogP contribution in [-0.4, -0.2) is 47.2 Å². The molecule has 3 aromatic rings. The molecule has 1 aromatic heterocycles. The van der Waals surface area contributed by atoms with Crippen molar-refractivity contribution in [2.24, 2.45) is 0 Å². The second-order valence-electron chi connectivity index (χ2n) is 6.83. The van der Waals surface area contributed by atoms with E-state index in [4.69, 9.17) is 4.42 Å². The average molecular weight is 398 g/mol. The second-order valence-corrected chi connectivity index (χ2v) is 6.83. The molecule has 0 saturated carbocycles. The molecule has 1 aliphatic heterocycles. The fourth-order valence-electron chi connectivity index (χ4n) is 3.34. The molecule has 8 heteroatoms. The summed E-state index contributed by atoms with van der Waals surface area (Å²) in [6.45, 7) is 2.25. The molecule has 1 saturated heterocycles. The number of nitrogens with zero attached hydrogens (tertiary/aromatic N) is 4. The van der Waals surface area contributed by atoms with Crippen molar-refractivity contribution in [1.29, 1.82) is 0 Å². The van der Waals surface area contributed by atoms with Gasteiger partial charge in [0.05, 0.1) is 5.69 Å². The highest BCUT2D eigenvalue weighted by Gasteiger charge is 2.23. The predicted molar refractivity (Wildman–Crippen MR) is 103 cm³/mol. The van der Waals surface area contributed by atoms with Gasteiger partial charge in [0, 0.05) is 44.6 Å². The van der Waals surface area contributed by atoms with Crippen LogP contribution >= 0.6 is 0 Å². The van der Waals surface area contributed by atoms with E-state index in [1.165, 1.54) is 18.2 Å². The van der Waals surface area contributed by atoms with Crippen molar-refractivity contribution in [3.05, 3.63) is 66.1 Å². The third-order valence-electron chi connectivity index (χ3n) is 4.94. The van der Waals surface area contributed by atoms with Gasteiger partial charge in [0.1, 0.15) is 11.6 Å². The Morgan fingerprint density at radius 1 is 0.966 bits per heavy atom. The molecule has 1 aliphatic rings. The zero-order chi connectivity index (χ0) is 20.2. The molecule has 1 amide bonds. The Bertz CT molecular complexity index is 982. The van der Waals surface area contributed by atoms with Crippen molar-refractivity contribution in [3.8, 4) is 11.5 Å². The van der Waals surface area contributed by atoms with E-state index in [1.807, 2.05) is 4.90 Å². The van der Waals surface area contributed by atoms with Crippen LogP contribution in [0.4, 0.5) is 14.5 Å². The lowest BCUT2D eigenvalue weighted by Crippen LogP contribution is -2.49. The Kier molecular flexibility index (Phi) is 5.50. The van der Waals surface area contributed by atoms with E-state index in [9.17, 15) is 13.6 Å². The minimum absolute atomic E-state index is 0.000263. The number of benzene rings is 2. The lowest BCUT2D eigenvalue weighted by Gasteiger charge is -2.36. The zero-order valence-electron chi connectivity index (χ0n) is 15.7. The third-order valence-corrected chi connectivity index (χ3v) is 4.94. The summed E-state index contributed by atoms with van der Waals surface area (Å²) in [5.41, 5.74) is 1.19. The number of amides is 1. The number of hydrogen-bond donors (Lipinski definition) is 0. The van der Waals surface area contributed by atoms with Crippen LogP contribution in [0.1, 0.15) is 12.3 Å². The van der Waals surface area contributed by atoms with Crippen LogP contribution < -0.4 is 4.90 Å². The molecular weight excluding hydrogens is 378 g/mol. The molecule has 0 N–H and O–H groups in total. The van der Waals surface area contributed by atoms with Gasteiger partial charge in [-0.05, 0) is 36.4 Å². The first-order valence-electron chi connectivity index (χ1n) is 9.46. The van der Waals surface area contributed by atoms with Crippen molar-refractivity contribution in [2.75, 3.05) is 31.1 Å². The number of hydrogen-bond acceptors (Lipinski definition) is 5. The molecule has 0 aliphatic carbocycles. The molecular formula is C21H20F2N4O2. The topological polar surface area (TPSA) is 62.5 Å². The molecule has 29 heavy (non-hydrogen) atoms. The van der Waals surface area contributed by atoms with Gasteiger partial charge in [-0.15, -0.1) is 10.2 Å². The van der Waals surface area contributed by atoms with Crippen molar-refractivity contribution in [2.45, 2.75) is 12.8 Å². The average Bonchev–Trinajstić information content (AvgIpc) is 3.22. The summed E-state index contributed by atoms with van der Waals surface area (Å²) in [6, 6.07) is 12.4. The summed E-state index contributed by atoms with van der Waals surface area (Å²) < 4.78 is 32.5. The second kappa shape index (κ2) is 8.38. The van der Waals surface area contributed by atoms with Gasteiger partial charge in [-0.1, -0.05) is 12.1 Å². The number of aromatic nitrogens is 2. The fourth-order valence-corrected chi connectivity index (χ4v) is 3.34. The van der Waals surface area contributed by atoms with Gasteiger partial charge in [-0.3, -0.25) is 4.79 Å². The predicted octanol–water partition coefficient (Wildman–Crippen LogP) is 3.30. The Labute approximate surface area is 166 Å². The highest BCUT2D eigenvalue weighted by molar-refractivity contribution is 5.76.